The van der Waals surface area contributed by atoms with Crippen LogP contribution >= 0.6 is 11.6 Å². The Morgan fingerprint density at radius 3 is 2.52 bits per heavy atom. The first-order valence-corrected chi connectivity index (χ1v) is 12.0. The Balaban J connectivity index is 1.50. The Bertz CT molecular complexity index is 1330. The molecule has 3 aromatic rings. The average molecular weight is 495 g/mol. The fourth-order valence-corrected chi connectivity index (χ4v) is 5.49. The van der Waals surface area contributed by atoms with Crippen molar-refractivity contribution in [3.05, 3.63) is 63.9 Å². The smallest absolute Gasteiger partial charge is 0.388 e. The van der Waals surface area contributed by atoms with Crippen LogP contribution in [0.2, 0.25) is 5.02 Å². The van der Waals surface area contributed by atoms with Crippen LogP contribution in [0, 0.1) is 5.82 Å². The highest BCUT2D eigenvalue weighted by atomic mass is 35.5. The van der Waals surface area contributed by atoms with Gasteiger partial charge in [-0.1, -0.05) is 18.0 Å². The Morgan fingerprint density at radius 1 is 1.12 bits per heavy atom. The molecule has 0 bridgehead atoms. The van der Waals surface area contributed by atoms with Crippen molar-refractivity contribution in [2.24, 2.45) is 0 Å². The molecule has 0 aliphatic carbocycles. The van der Waals surface area contributed by atoms with Crippen molar-refractivity contribution >= 4 is 33.2 Å². The van der Waals surface area contributed by atoms with E-state index in [9.17, 15) is 22.4 Å². The zero-order valence-electron chi connectivity index (χ0n) is 17.3. The van der Waals surface area contributed by atoms with Crippen LogP contribution in [0.4, 0.5) is 10.1 Å². The molecule has 0 radical (unpaired) electrons. The Morgan fingerprint density at radius 2 is 1.82 bits per heavy atom. The third-order valence-electron chi connectivity index (χ3n) is 5.14. The van der Waals surface area contributed by atoms with Gasteiger partial charge in [0.15, 0.2) is 0 Å². The summed E-state index contributed by atoms with van der Waals surface area (Å²) in [6.07, 6.45) is 2.53. The van der Waals surface area contributed by atoms with E-state index >= 15 is 0 Å². The first-order valence-electron chi connectivity index (χ1n) is 10.2. The number of benzene rings is 2. The molecule has 12 heteroatoms. The summed E-state index contributed by atoms with van der Waals surface area (Å²) in [6, 6.07) is 9.31. The lowest BCUT2D eigenvalue weighted by molar-refractivity contribution is -0.117. The monoisotopic (exact) mass is 494 g/mol. The van der Waals surface area contributed by atoms with E-state index < -0.39 is 34.0 Å². The Hall–Kier alpha value is -3.02. The molecular weight excluding hydrogens is 475 g/mol. The SMILES string of the molecule is O=C(Cn1nc(-c2ccc(F)cc2)oc1=O)Nc1ccc(Cl)c(S(=O)(=O)N2CCCCC2)c1. The minimum absolute atomic E-state index is 0.0511. The minimum atomic E-state index is -3.81. The normalized spacial score (nSPS) is 14.8. The van der Waals surface area contributed by atoms with E-state index in [0.717, 1.165) is 23.9 Å². The Labute approximate surface area is 193 Å². The first-order chi connectivity index (χ1) is 15.7. The van der Waals surface area contributed by atoms with Crippen LogP contribution in [0.1, 0.15) is 19.3 Å². The molecule has 0 atom stereocenters. The van der Waals surface area contributed by atoms with Crippen LogP contribution in [0.5, 0.6) is 0 Å². The highest BCUT2D eigenvalue weighted by Gasteiger charge is 2.28. The fourth-order valence-electron chi connectivity index (χ4n) is 3.47. The predicted octanol–water partition coefficient (Wildman–Crippen LogP) is 3.11. The molecule has 0 spiro atoms. The molecule has 2 heterocycles. The second-order valence-electron chi connectivity index (χ2n) is 7.50. The van der Waals surface area contributed by atoms with Gasteiger partial charge in [-0.2, -0.15) is 8.99 Å². The van der Waals surface area contributed by atoms with Crippen LogP contribution in [-0.4, -0.2) is 41.5 Å². The molecular formula is C21H20ClFN4O5S. The number of rotatable bonds is 6. The Kier molecular flexibility index (Phi) is 6.63. The maximum atomic E-state index is 13.1. The van der Waals surface area contributed by atoms with Gasteiger partial charge < -0.3 is 9.73 Å². The molecule has 1 fully saturated rings. The molecule has 1 aromatic heterocycles. The number of nitrogens with one attached hydrogen (secondary N) is 1. The predicted molar refractivity (Wildman–Crippen MR) is 119 cm³/mol. The number of aromatic nitrogens is 2. The molecule has 33 heavy (non-hydrogen) atoms. The number of nitrogens with zero attached hydrogens (tertiary/aromatic N) is 3. The number of carbonyl (C=O) groups is 1. The quantitative estimate of drug-likeness (QED) is 0.563. The highest BCUT2D eigenvalue weighted by molar-refractivity contribution is 7.89. The van der Waals surface area contributed by atoms with Crippen LogP contribution in [0.25, 0.3) is 11.5 Å². The molecule has 0 saturated carbocycles. The second-order valence-corrected chi connectivity index (χ2v) is 9.81. The molecule has 1 amide bonds. The summed E-state index contributed by atoms with van der Waals surface area (Å²) in [7, 11) is -3.81. The van der Waals surface area contributed by atoms with Crippen molar-refractivity contribution in [2.75, 3.05) is 18.4 Å². The van der Waals surface area contributed by atoms with E-state index in [0.29, 0.717) is 18.7 Å². The minimum Gasteiger partial charge on any atom is -0.388 e. The second kappa shape index (κ2) is 9.46. The first kappa shape index (κ1) is 23.1. The molecule has 1 N–H and O–H groups in total. The summed E-state index contributed by atoms with van der Waals surface area (Å²) in [5.74, 6) is -2.01. The lowest BCUT2D eigenvalue weighted by atomic mass is 10.2. The third kappa shape index (κ3) is 5.15. The number of hydrogen-bond acceptors (Lipinski definition) is 6. The van der Waals surface area contributed by atoms with Crippen molar-refractivity contribution in [2.45, 2.75) is 30.7 Å². The molecule has 174 valence electrons. The molecule has 0 unspecified atom stereocenters. The van der Waals surface area contributed by atoms with Gasteiger partial charge in [-0.15, -0.1) is 5.10 Å². The van der Waals surface area contributed by atoms with Gasteiger partial charge in [0, 0.05) is 24.3 Å². The highest BCUT2D eigenvalue weighted by Crippen LogP contribution is 2.29. The van der Waals surface area contributed by atoms with Gasteiger partial charge >= 0.3 is 5.76 Å². The molecule has 2 aromatic carbocycles. The summed E-state index contributed by atoms with van der Waals surface area (Å²) in [6.45, 7) is 0.363. The number of hydrogen-bond donors (Lipinski definition) is 1. The van der Waals surface area contributed by atoms with Gasteiger partial charge in [0.1, 0.15) is 17.3 Å². The largest absolute Gasteiger partial charge is 0.437 e. The lowest BCUT2D eigenvalue weighted by Gasteiger charge is -2.26. The molecule has 9 nitrogen and oxygen atoms in total. The molecule has 4 rings (SSSR count). The van der Waals surface area contributed by atoms with Crippen molar-refractivity contribution in [3.8, 4) is 11.5 Å². The van der Waals surface area contributed by atoms with Gasteiger partial charge in [-0.25, -0.2) is 17.6 Å². The number of anilines is 1. The van der Waals surface area contributed by atoms with Gasteiger partial charge in [0.25, 0.3) is 0 Å². The van der Waals surface area contributed by atoms with E-state index in [2.05, 4.69) is 10.4 Å². The van der Waals surface area contributed by atoms with Gasteiger partial charge in [0.05, 0.1) is 5.02 Å². The van der Waals surface area contributed by atoms with Crippen LogP contribution in [0.3, 0.4) is 0 Å². The topological polar surface area (TPSA) is 115 Å². The van der Waals surface area contributed by atoms with Crippen LogP contribution < -0.4 is 11.1 Å². The number of halogens is 2. The van der Waals surface area contributed by atoms with E-state index in [1.165, 1.54) is 46.8 Å². The maximum absolute atomic E-state index is 13.1. The summed E-state index contributed by atoms with van der Waals surface area (Å²) in [5, 5.41) is 6.55. The van der Waals surface area contributed by atoms with Crippen LogP contribution in [0.15, 0.2) is 56.6 Å². The summed E-state index contributed by atoms with van der Waals surface area (Å²) in [4.78, 5) is 24.4. The summed E-state index contributed by atoms with van der Waals surface area (Å²) < 4.78 is 46.3. The van der Waals surface area contributed by atoms with E-state index in [1.807, 2.05) is 0 Å². The average Bonchev–Trinajstić information content (AvgIpc) is 3.16. The summed E-state index contributed by atoms with van der Waals surface area (Å²) >= 11 is 6.15. The van der Waals surface area contributed by atoms with Crippen molar-refractivity contribution in [1.29, 1.82) is 0 Å². The molecule has 1 aliphatic heterocycles. The fraction of sp³-hybridized carbons (Fsp3) is 0.286. The number of carbonyl (C=O) groups excluding carboxylic acids is 1. The van der Waals surface area contributed by atoms with E-state index in [-0.39, 0.29) is 21.5 Å². The van der Waals surface area contributed by atoms with Gasteiger partial charge in [-0.3, -0.25) is 4.79 Å². The number of piperidine rings is 1. The number of amides is 1. The van der Waals surface area contributed by atoms with Gasteiger partial charge in [0.2, 0.25) is 21.8 Å². The lowest BCUT2D eigenvalue weighted by Crippen LogP contribution is -2.35. The third-order valence-corrected chi connectivity index (χ3v) is 7.52. The zero-order valence-corrected chi connectivity index (χ0v) is 18.9. The van der Waals surface area contributed by atoms with Crippen LogP contribution in [-0.2, 0) is 21.4 Å². The molecule has 1 aliphatic rings. The van der Waals surface area contributed by atoms with E-state index in [4.69, 9.17) is 16.0 Å². The van der Waals surface area contributed by atoms with Gasteiger partial charge in [-0.05, 0) is 55.3 Å². The summed E-state index contributed by atoms with van der Waals surface area (Å²) in [5.41, 5.74) is 0.577. The van der Waals surface area contributed by atoms with Crippen molar-refractivity contribution in [1.82, 2.24) is 14.1 Å². The number of sulfonamides is 1. The van der Waals surface area contributed by atoms with E-state index in [1.54, 1.807) is 0 Å². The standard InChI is InChI=1S/C21H20ClFN4O5S/c22-17-9-8-16(12-18(17)33(30,31)26-10-2-1-3-11-26)24-19(28)13-27-21(29)32-20(25-27)14-4-6-15(23)7-5-14/h4-9,12H,1-3,10-11,13H2,(H,24,28). The maximum Gasteiger partial charge on any atom is 0.437 e. The van der Waals surface area contributed by atoms with Crippen molar-refractivity contribution in [3.63, 3.8) is 0 Å². The molecule has 1 saturated heterocycles. The zero-order chi connectivity index (χ0) is 23.6. The van der Waals surface area contributed by atoms with Crippen molar-refractivity contribution < 1.29 is 22.0 Å².